The Balaban J connectivity index is 3.03. The van der Waals surface area contributed by atoms with Crippen molar-refractivity contribution in [3.8, 4) is 0 Å². The molecule has 0 saturated carbocycles. The van der Waals surface area contributed by atoms with E-state index in [1.165, 1.54) is 0 Å². The second kappa shape index (κ2) is 8.33. The summed E-state index contributed by atoms with van der Waals surface area (Å²) in [6, 6.07) is 8.48. The van der Waals surface area contributed by atoms with Crippen LogP contribution in [0.4, 0.5) is 0 Å². The highest BCUT2D eigenvalue weighted by atomic mass is 32.2. The number of aliphatic hydroxyl groups excluding tert-OH is 1. The van der Waals surface area contributed by atoms with Gasteiger partial charge < -0.3 is 9.53 Å². The minimum Gasteiger partial charge on any atom is -0.417 e. The number of hydrogen-bond acceptors (Lipinski definition) is 4. The highest BCUT2D eigenvalue weighted by Gasteiger charge is 2.39. The first-order valence-corrected chi connectivity index (χ1v) is 13.4. The van der Waals surface area contributed by atoms with Crippen molar-refractivity contribution < 1.29 is 18.0 Å². The molecule has 0 aliphatic heterocycles. The van der Waals surface area contributed by atoms with Gasteiger partial charge in [0.25, 0.3) is 0 Å². The summed E-state index contributed by atoms with van der Waals surface area (Å²) in [5, 5.41) is 9.25. The van der Waals surface area contributed by atoms with Crippen molar-refractivity contribution in [2.45, 2.75) is 75.4 Å². The molecule has 0 bridgehead atoms. The van der Waals surface area contributed by atoms with Crippen LogP contribution in [0.2, 0.25) is 18.1 Å². The van der Waals surface area contributed by atoms with Crippen molar-refractivity contribution in [3.05, 3.63) is 30.3 Å². The van der Waals surface area contributed by atoms with Gasteiger partial charge in [0.05, 0.1) is 16.2 Å². The Kier molecular flexibility index (Phi) is 7.45. The minimum absolute atomic E-state index is 0.0742. The molecule has 144 valence electrons. The van der Waals surface area contributed by atoms with Gasteiger partial charge in [-0.05, 0) is 49.5 Å². The fourth-order valence-corrected chi connectivity index (χ4v) is 5.67. The van der Waals surface area contributed by atoms with Gasteiger partial charge in [-0.1, -0.05) is 45.9 Å². The second-order valence-electron chi connectivity index (χ2n) is 8.53. The lowest BCUT2D eigenvalue weighted by Crippen LogP contribution is -2.43. The van der Waals surface area contributed by atoms with Crippen molar-refractivity contribution in [1.82, 2.24) is 0 Å². The zero-order chi connectivity index (χ0) is 19.5. The van der Waals surface area contributed by atoms with E-state index in [9.17, 15) is 13.5 Å². The number of sulfone groups is 1. The van der Waals surface area contributed by atoms with E-state index in [2.05, 4.69) is 33.9 Å². The molecule has 1 N–H and O–H groups in total. The van der Waals surface area contributed by atoms with Crippen LogP contribution < -0.4 is 0 Å². The fourth-order valence-electron chi connectivity index (χ4n) is 2.45. The summed E-state index contributed by atoms with van der Waals surface area (Å²) in [4.78, 5) is 0.305. The third-order valence-corrected chi connectivity index (χ3v) is 12.1. The summed E-state index contributed by atoms with van der Waals surface area (Å²) < 4.78 is 32.4. The molecule has 0 radical (unpaired) electrons. The molecule has 0 fully saturated rings. The third-order valence-electron chi connectivity index (χ3n) is 5.19. The van der Waals surface area contributed by atoms with Crippen molar-refractivity contribution in [2.24, 2.45) is 5.92 Å². The van der Waals surface area contributed by atoms with Crippen LogP contribution in [0.5, 0.6) is 0 Å². The summed E-state index contributed by atoms with van der Waals surface area (Å²) in [5.74, 6) is -0.200. The van der Waals surface area contributed by atoms with Crippen LogP contribution in [0.15, 0.2) is 35.2 Å². The van der Waals surface area contributed by atoms with Gasteiger partial charge in [0.1, 0.15) is 0 Å². The van der Waals surface area contributed by atoms with Crippen LogP contribution in [-0.2, 0) is 14.3 Å². The highest BCUT2D eigenvalue weighted by Crippen LogP contribution is 2.37. The largest absolute Gasteiger partial charge is 0.417 e. The van der Waals surface area contributed by atoms with Crippen molar-refractivity contribution >= 4 is 18.2 Å². The third kappa shape index (κ3) is 5.91. The quantitative estimate of drug-likeness (QED) is 0.678. The molecule has 4 nitrogen and oxygen atoms in total. The molecule has 2 unspecified atom stereocenters. The average molecular weight is 387 g/mol. The lowest BCUT2D eigenvalue weighted by atomic mass is 10.0. The minimum atomic E-state index is -3.52. The normalized spacial score (nSPS) is 17.1. The molecule has 0 amide bonds. The molecule has 0 saturated heterocycles. The molecule has 3 atom stereocenters. The maximum absolute atomic E-state index is 13.1. The van der Waals surface area contributed by atoms with Crippen molar-refractivity contribution in [2.75, 3.05) is 6.61 Å². The van der Waals surface area contributed by atoms with E-state index in [0.717, 1.165) is 0 Å². The predicted octanol–water partition coefficient (Wildman–Crippen LogP) is 4.26. The maximum atomic E-state index is 13.1. The van der Waals surface area contributed by atoms with Crippen LogP contribution in [0, 0.1) is 5.92 Å². The molecule has 6 heteroatoms. The number of rotatable bonds is 8. The zero-order valence-corrected chi connectivity index (χ0v) is 18.4. The summed E-state index contributed by atoms with van der Waals surface area (Å²) in [5.41, 5.74) is 0. The second-order valence-corrected chi connectivity index (χ2v) is 15.5. The maximum Gasteiger partial charge on any atom is 0.191 e. The van der Waals surface area contributed by atoms with Crippen molar-refractivity contribution in [1.29, 1.82) is 0 Å². The summed E-state index contributed by atoms with van der Waals surface area (Å²) >= 11 is 0. The first-order valence-electron chi connectivity index (χ1n) is 8.90. The van der Waals surface area contributed by atoms with Gasteiger partial charge in [-0.3, -0.25) is 0 Å². The van der Waals surface area contributed by atoms with E-state index < -0.39 is 29.5 Å². The molecule has 0 aliphatic rings. The van der Waals surface area contributed by atoms with E-state index in [1.807, 2.05) is 6.92 Å². The summed E-state index contributed by atoms with van der Waals surface area (Å²) in [6.07, 6.45) is -0.474. The lowest BCUT2D eigenvalue weighted by molar-refractivity contribution is 0.162. The molecule has 0 aromatic heterocycles. The number of benzene rings is 1. The summed E-state index contributed by atoms with van der Waals surface area (Å²) in [7, 11) is -5.47. The van der Waals surface area contributed by atoms with Gasteiger partial charge in [-0.25, -0.2) is 8.42 Å². The molecule has 0 aliphatic carbocycles. The lowest BCUT2D eigenvalue weighted by Gasteiger charge is -2.38. The van der Waals surface area contributed by atoms with Crippen molar-refractivity contribution in [3.63, 3.8) is 0 Å². The summed E-state index contributed by atoms with van der Waals surface area (Å²) in [6.45, 7) is 14.7. The van der Waals surface area contributed by atoms with Crippen LogP contribution >= 0.6 is 0 Å². The fraction of sp³-hybridized carbons (Fsp3) is 0.684. The van der Waals surface area contributed by atoms with E-state index in [0.29, 0.717) is 11.5 Å². The Morgan fingerprint density at radius 3 is 2.08 bits per heavy atom. The first-order chi connectivity index (χ1) is 11.3. The van der Waals surface area contributed by atoms with Gasteiger partial charge in [0, 0.05) is 6.61 Å². The first kappa shape index (κ1) is 22.3. The Bertz CT molecular complexity index is 633. The monoisotopic (exact) mass is 386 g/mol. The molecule has 1 aromatic carbocycles. The Hall–Kier alpha value is -0.693. The Morgan fingerprint density at radius 1 is 1.12 bits per heavy atom. The highest BCUT2D eigenvalue weighted by molar-refractivity contribution is 7.92. The van der Waals surface area contributed by atoms with Gasteiger partial charge in [-0.2, -0.15) is 0 Å². The molecular formula is C19H34O4SSi. The number of aliphatic hydroxyl groups is 1. The van der Waals surface area contributed by atoms with Gasteiger partial charge in [-0.15, -0.1) is 0 Å². The SMILES string of the molecule is CC(O)CC([C@H](C)CO[Si](C)(C)C(C)(C)C)S(=O)(=O)c1ccccc1. The van der Waals surface area contributed by atoms with E-state index in [4.69, 9.17) is 4.43 Å². The smallest absolute Gasteiger partial charge is 0.191 e. The zero-order valence-electron chi connectivity index (χ0n) is 16.6. The van der Waals surface area contributed by atoms with Crippen LogP contribution in [0.25, 0.3) is 0 Å². The number of hydrogen-bond donors (Lipinski definition) is 1. The van der Waals surface area contributed by atoms with E-state index in [1.54, 1.807) is 37.3 Å². The van der Waals surface area contributed by atoms with Gasteiger partial charge in [0.15, 0.2) is 18.2 Å². The molecule has 0 heterocycles. The van der Waals surface area contributed by atoms with E-state index in [-0.39, 0.29) is 17.4 Å². The van der Waals surface area contributed by atoms with Crippen LogP contribution in [-0.4, -0.2) is 39.8 Å². The predicted molar refractivity (Wildman–Crippen MR) is 106 cm³/mol. The van der Waals surface area contributed by atoms with Gasteiger partial charge >= 0.3 is 0 Å². The van der Waals surface area contributed by atoms with E-state index >= 15 is 0 Å². The Labute approximate surface area is 154 Å². The molecular weight excluding hydrogens is 352 g/mol. The molecule has 25 heavy (non-hydrogen) atoms. The molecule has 1 rings (SSSR count). The van der Waals surface area contributed by atoms with Crippen LogP contribution in [0.3, 0.4) is 0 Å². The topological polar surface area (TPSA) is 63.6 Å². The van der Waals surface area contributed by atoms with Gasteiger partial charge in [0.2, 0.25) is 0 Å². The molecule has 0 spiro atoms. The standard InChI is InChI=1S/C19H34O4SSi/c1-15(14-23-25(6,7)19(3,4)5)18(13-16(2)20)24(21,22)17-11-9-8-10-12-17/h8-12,15-16,18,20H,13-14H2,1-7H3/t15-,16?,18?/m1/s1. The average Bonchev–Trinajstić information content (AvgIpc) is 2.50. The Morgan fingerprint density at radius 2 is 1.64 bits per heavy atom. The van der Waals surface area contributed by atoms with Crippen LogP contribution in [0.1, 0.15) is 41.0 Å². The molecule has 1 aromatic rings.